The monoisotopic (exact) mass is 431 g/mol. The molecule has 1 saturated carbocycles. The van der Waals surface area contributed by atoms with Crippen LogP contribution in [0.3, 0.4) is 0 Å². The molecule has 0 bridgehead atoms. The number of rotatable bonds is 5. The van der Waals surface area contributed by atoms with E-state index in [1.807, 2.05) is 11.8 Å². The van der Waals surface area contributed by atoms with Crippen molar-refractivity contribution in [1.82, 2.24) is 9.80 Å². The van der Waals surface area contributed by atoms with Crippen molar-refractivity contribution in [3.63, 3.8) is 0 Å². The second-order valence-electron chi connectivity index (χ2n) is 9.38. The smallest absolute Gasteiger partial charge is 0.229 e. The van der Waals surface area contributed by atoms with E-state index in [1.165, 1.54) is 6.07 Å². The van der Waals surface area contributed by atoms with E-state index in [9.17, 15) is 14.0 Å². The Morgan fingerprint density at radius 1 is 1.16 bits per heavy atom. The maximum Gasteiger partial charge on any atom is 0.229 e. The van der Waals surface area contributed by atoms with Crippen LogP contribution in [0.4, 0.5) is 10.1 Å². The molecule has 0 aromatic heterocycles. The Balaban J connectivity index is 1.39. The van der Waals surface area contributed by atoms with Gasteiger partial charge in [-0.1, -0.05) is 12.8 Å². The standard InChI is InChI=1S/C24H34FN3O3/c1-16-13-27(8-9-28(16)24(30)18-5-3-4-6-18)14-20-11-21(25)12-22(17(20)2)26-23(29)19-7-10-31-15-19/h11-12,16,18-19H,3-10,13-15H2,1-2H3,(H,26,29)/t16-,19+/m0/s1. The van der Waals surface area contributed by atoms with Gasteiger partial charge in [0.2, 0.25) is 11.8 Å². The van der Waals surface area contributed by atoms with Crippen LogP contribution in [0.2, 0.25) is 0 Å². The lowest BCUT2D eigenvalue weighted by atomic mass is 10.0. The van der Waals surface area contributed by atoms with Crippen LogP contribution in [0.15, 0.2) is 12.1 Å². The van der Waals surface area contributed by atoms with Crippen LogP contribution < -0.4 is 5.32 Å². The van der Waals surface area contributed by atoms with Crippen LogP contribution in [0.25, 0.3) is 0 Å². The molecule has 1 aromatic carbocycles. The highest BCUT2D eigenvalue weighted by Crippen LogP contribution is 2.29. The summed E-state index contributed by atoms with van der Waals surface area (Å²) in [5.41, 5.74) is 2.31. The molecule has 170 valence electrons. The first-order valence-electron chi connectivity index (χ1n) is 11.6. The number of nitrogens with zero attached hydrogens (tertiary/aromatic N) is 2. The maximum absolute atomic E-state index is 14.4. The van der Waals surface area contributed by atoms with Crippen molar-refractivity contribution in [3.8, 4) is 0 Å². The molecule has 2 atom stereocenters. The summed E-state index contributed by atoms with van der Waals surface area (Å²) < 4.78 is 19.7. The van der Waals surface area contributed by atoms with Gasteiger partial charge in [0, 0.05) is 50.4 Å². The van der Waals surface area contributed by atoms with Crippen molar-refractivity contribution in [2.24, 2.45) is 11.8 Å². The molecule has 6 nitrogen and oxygen atoms in total. The van der Waals surface area contributed by atoms with Crippen molar-refractivity contribution in [3.05, 3.63) is 29.1 Å². The molecule has 3 fully saturated rings. The highest BCUT2D eigenvalue weighted by atomic mass is 19.1. The summed E-state index contributed by atoms with van der Waals surface area (Å²) in [7, 11) is 0. The second-order valence-corrected chi connectivity index (χ2v) is 9.38. The second kappa shape index (κ2) is 9.65. The zero-order chi connectivity index (χ0) is 22.0. The molecule has 2 aliphatic heterocycles. The summed E-state index contributed by atoms with van der Waals surface area (Å²) in [5.74, 6) is -0.104. The van der Waals surface area contributed by atoms with Crippen molar-refractivity contribution in [2.45, 2.75) is 58.5 Å². The lowest BCUT2D eigenvalue weighted by Gasteiger charge is -2.41. The van der Waals surface area contributed by atoms with E-state index < -0.39 is 0 Å². The van der Waals surface area contributed by atoms with Crippen molar-refractivity contribution in [2.75, 3.05) is 38.2 Å². The van der Waals surface area contributed by atoms with Gasteiger partial charge in [-0.05, 0) is 56.4 Å². The number of halogens is 1. The number of anilines is 1. The first kappa shape index (κ1) is 22.2. The molecule has 4 rings (SSSR count). The fourth-order valence-electron chi connectivity index (χ4n) is 5.16. The Hall–Kier alpha value is -1.99. The number of hydrogen-bond donors (Lipinski definition) is 1. The summed E-state index contributed by atoms with van der Waals surface area (Å²) >= 11 is 0. The maximum atomic E-state index is 14.4. The number of amides is 2. The molecule has 31 heavy (non-hydrogen) atoms. The largest absolute Gasteiger partial charge is 0.381 e. The number of ether oxygens (including phenoxy) is 1. The van der Waals surface area contributed by atoms with E-state index in [-0.39, 0.29) is 29.6 Å². The van der Waals surface area contributed by atoms with Crippen LogP contribution in [-0.2, 0) is 20.9 Å². The number of carbonyl (C=O) groups excluding carboxylic acids is 2. The van der Waals surface area contributed by atoms with Gasteiger partial charge in [-0.25, -0.2) is 4.39 Å². The highest BCUT2D eigenvalue weighted by molar-refractivity contribution is 5.93. The van der Waals surface area contributed by atoms with Gasteiger partial charge in [0.1, 0.15) is 5.82 Å². The molecule has 2 saturated heterocycles. The van der Waals surface area contributed by atoms with E-state index in [2.05, 4.69) is 17.1 Å². The number of hydrogen-bond acceptors (Lipinski definition) is 4. The molecule has 0 spiro atoms. The highest BCUT2D eigenvalue weighted by Gasteiger charge is 2.33. The SMILES string of the molecule is Cc1c(CN2CCN(C(=O)C3CCCC3)[C@@H](C)C2)cc(F)cc1NC(=O)[C@@H]1CCOC1. The zero-order valence-corrected chi connectivity index (χ0v) is 18.7. The predicted molar refractivity (Wildman–Crippen MR) is 117 cm³/mol. The molecule has 7 heteroatoms. The van der Waals surface area contributed by atoms with E-state index >= 15 is 0 Å². The average Bonchev–Trinajstić information content (AvgIpc) is 3.45. The minimum Gasteiger partial charge on any atom is -0.381 e. The Labute approximate surface area is 184 Å². The lowest BCUT2D eigenvalue weighted by molar-refractivity contribution is -0.140. The molecule has 2 amide bonds. The molecule has 1 aromatic rings. The number of nitrogens with one attached hydrogen (secondary N) is 1. The Kier molecular flexibility index (Phi) is 6.92. The fourth-order valence-corrected chi connectivity index (χ4v) is 5.16. The van der Waals surface area contributed by atoms with E-state index in [0.717, 1.165) is 56.4 Å². The Morgan fingerprint density at radius 2 is 1.94 bits per heavy atom. The van der Waals surface area contributed by atoms with E-state index in [1.54, 1.807) is 6.07 Å². The van der Waals surface area contributed by atoms with Gasteiger partial charge in [-0.15, -0.1) is 0 Å². The molecule has 3 aliphatic rings. The first-order valence-corrected chi connectivity index (χ1v) is 11.6. The van der Waals surface area contributed by atoms with Gasteiger partial charge in [-0.3, -0.25) is 14.5 Å². The van der Waals surface area contributed by atoms with Crippen LogP contribution in [-0.4, -0.2) is 60.5 Å². The van der Waals surface area contributed by atoms with Crippen LogP contribution in [0.5, 0.6) is 0 Å². The van der Waals surface area contributed by atoms with Gasteiger partial charge in [-0.2, -0.15) is 0 Å². The normalized spacial score (nSPS) is 25.2. The summed E-state index contributed by atoms with van der Waals surface area (Å²) in [5, 5.41) is 2.90. The Bertz CT molecular complexity index is 819. The minimum absolute atomic E-state index is 0.107. The van der Waals surface area contributed by atoms with E-state index in [0.29, 0.717) is 37.8 Å². The number of benzene rings is 1. The van der Waals surface area contributed by atoms with Gasteiger partial charge in [0.15, 0.2) is 0 Å². The molecule has 1 aliphatic carbocycles. The molecule has 2 heterocycles. The van der Waals surface area contributed by atoms with Crippen molar-refractivity contribution >= 4 is 17.5 Å². The van der Waals surface area contributed by atoms with Gasteiger partial charge >= 0.3 is 0 Å². The third-order valence-corrected chi connectivity index (χ3v) is 7.13. The average molecular weight is 432 g/mol. The van der Waals surface area contributed by atoms with Crippen LogP contribution in [0.1, 0.15) is 50.2 Å². The third kappa shape index (κ3) is 5.09. The summed E-state index contributed by atoms with van der Waals surface area (Å²) in [6, 6.07) is 3.11. The summed E-state index contributed by atoms with van der Waals surface area (Å²) in [4.78, 5) is 29.6. The van der Waals surface area contributed by atoms with Gasteiger partial charge < -0.3 is 15.0 Å². The lowest BCUT2D eigenvalue weighted by Crippen LogP contribution is -2.54. The van der Waals surface area contributed by atoms with Crippen LogP contribution in [0, 0.1) is 24.6 Å². The van der Waals surface area contributed by atoms with Crippen molar-refractivity contribution in [1.29, 1.82) is 0 Å². The zero-order valence-electron chi connectivity index (χ0n) is 18.7. The molecule has 0 radical (unpaired) electrons. The first-order chi connectivity index (χ1) is 14.9. The van der Waals surface area contributed by atoms with Gasteiger partial charge in [0.25, 0.3) is 0 Å². The number of carbonyl (C=O) groups is 2. The van der Waals surface area contributed by atoms with Crippen molar-refractivity contribution < 1.29 is 18.7 Å². The quantitative estimate of drug-likeness (QED) is 0.777. The molecule has 0 unspecified atom stereocenters. The Morgan fingerprint density at radius 3 is 2.61 bits per heavy atom. The van der Waals surface area contributed by atoms with Crippen LogP contribution >= 0.6 is 0 Å². The fraction of sp³-hybridized carbons (Fsp3) is 0.667. The third-order valence-electron chi connectivity index (χ3n) is 7.13. The summed E-state index contributed by atoms with van der Waals surface area (Å²) in [6.07, 6.45) is 5.08. The minimum atomic E-state index is -0.346. The topological polar surface area (TPSA) is 61.9 Å². The number of piperazine rings is 1. The summed E-state index contributed by atoms with van der Waals surface area (Å²) in [6.45, 7) is 7.93. The van der Waals surface area contributed by atoms with Gasteiger partial charge in [0.05, 0.1) is 12.5 Å². The molecule has 1 N–H and O–H groups in total. The molecular formula is C24H34FN3O3. The molecular weight excluding hydrogens is 397 g/mol. The predicted octanol–water partition coefficient (Wildman–Crippen LogP) is 3.33. The van der Waals surface area contributed by atoms with E-state index in [4.69, 9.17) is 4.74 Å².